The van der Waals surface area contributed by atoms with Crippen molar-refractivity contribution in [1.82, 2.24) is 9.97 Å². The highest BCUT2D eigenvalue weighted by Gasteiger charge is 2.02. The van der Waals surface area contributed by atoms with E-state index in [4.69, 9.17) is 28.4 Å². The molecule has 1 aromatic rings. The first-order chi connectivity index (χ1) is 5.24. The van der Waals surface area contributed by atoms with Gasteiger partial charge in [-0.25, -0.2) is 9.97 Å². The van der Waals surface area contributed by atoms with E-state index in [2.05, 4.69) is 15.1 Å². The first-order valence-corrected chi connectivity index (χ1v) is 3.35. The Hall–Kier alpha value is -0.870. The summed E-state index contributed by atoms with van der Waals surface area (Å²) in [5.74, 6) is 0.138. The molecule has 1 aromatic heterocycles. The zero-order valence-corrected chi connectivity index (χ0v) is 6.71. The van der Waals surface area contributed by atoms with Crippen molar-refractivity contribution in [1.29, 1.82) is 0 Å². The van der Waals surface area contributed by atoms with E-state index < -0.39 is 0 Å². The first-order valence-electron chi connectivity index (χ1n) is 2.59. The minimum absolute atomic E-state index is 0.138. The van der Waals surface area contributed by atoms with Gasteiger partial charge in [-0.05, 0) is 0 Å². The fraction of sp³-hybridized carbons (Fsp3) is 0. The van der Waals surface area contributed by atoms with Crippen LogP contribution in [0.25, 0.3) is 0 Å². The van der Waals surface area contributed by atoms with E-state index in [-0.39, 0.29) is 11.0 Å². The summed E-state index contributed by atoms with van der Waals surface area (Å²) in [6.45, 7) is 0. The highest BCUT2D eigenvalue weighted by molar-refractivity contribution is 6.68. The zero-order chi connectivity index (χ0) is 8.27. The molecule has 0 aliphatic heterocycles. The van der Waals surface area contributed by atoms with Gasteiger partial charge in [0.05, 0.1) is 5.02 Å². The molecule has 0 saturated heterocycles. The quantitative estimate of drug-likeness (QED) is 0.416. The molecule has 0 fully saturated rings. The van der Waals surface area contributed by atoms with Gasteiger partial charge in [-0.1, -0.05) is 28.4 Å². The third-order valence-corrected chi connectivity index (χ3v) is 1.33. The summed E-state index contributed by atoms with van der Waals surface area (Å²) >= 11 is 10.9. The van der Waals surface area contributed by atoms with Gasteiger partial charge in [0.2, 0.25) is 5.17 Å². The normalized spacial score (nSPS) is 11.6. The SMILES string of the molecule is O/N=C(/Cl)c1ncc(Cl)cn1. The third-order valence-electron chi connectivity index (χ3n) is 0.893. The van der Waals surface area contributed by atoms with Crippen molar-refractivity contribution in [3.8, 4) is 0 Å². The van der Waals surface area contributed by atoms with Crippen LogP contribution in [0.15, 0.2) is 17.5 Å². The molecule has 0 aliphatic rings. The van der Waals surface area contributed by atoms with Crippen molar-refractivity contribution in [2.45, 2.75) is 0 Å². The number of oxime groups is 1. The van der Waals surface area contributed by atoms with E-state index in [1.807, 2.05) is 0 Å². The van der Waals surface area contributed by atoms with Gasteiger partial charge in [0.15, 0.2) is 5.82 Å². The summed E-state index contributed by atoms with van der Waals surface area (Å²) in [6, 6.07) is 0. The molecule has 1 rings (SSSR count). The molecular weight excluding hydrogens is 189 g/mol. The monoisotopic (exact) mass is 191 g/mol. The van der Waals surface area contributed by atoms with E-state index in [1.165, 1.54) is 12.4 Å². The van der Waals surface area contributed by atoms with Crippen molar-refractivity contribution in [3.05, 3.63) is 23.2 Å². The smallest absolute Gasteiger partial charge is 0.212 e. The van der Waals surface area contributed by atoms with Crippen molar-refractivity contribution < 1.29 is 5.21 Å². The lowest BCUT2D eigenvalue weighted by Gasteiger charge is -1.92. The molecular formula is C5H3Cl2N3O. The fourth-order valence-electron chi connectivity index (χ4n) is 0.464. The van der Waals surface area contributed by atoms with Crippen molar-refractivity contribution in [2.75, 3.05) is 0 Å². The van der Waals surface area contributed by atoms with Crippen LogP contribution in [0.5, 0.6) is 0 Å². The standard InChI is InChI=1S/C5H3Cl2N3O/c6-3-1-8-5(9-2-3)4(7)10-11/h1-2,11H/b10-4+. The Morgan fingerprint density at radius 2 is 2.00 bits per heavy atom. The molecule has 1 heterocycles. The van der Waals surface area contributed by atoms with Gasteiger partial charge in [-0.2, -0.15) is 0 Å². The Morgan fingerprint density at radius 1 is 1.45 bits per heavy atom. The lowest BCUT2D eigenvalue weighted by molar-refractivity contribution is 0.320. The number of rotatable bonds is 1. The second-order valence-electron chi connectivity index (χ2n) is 1.62. The van der Waals surface area contributed by atoms with Crippen molar-refractivity contribution >= 4 is 28.4 Å². The van der Waals surface area contributed by atoms with Crippen LogP contribution in [0.3, 0.4) is 0 Å². The Morgan fingerprint density at radius 3 is 2.45 bits per heavy atom. The highest BCUT2D eigenvalue weighted by atomic mass is 35.5. The summed E-state index contributed by atoms with van der Waals surface area (Å²) in [5, 5.41) is 11.1. The fourth-order valence-corrected chi connectivity index (χ4v) is 0.659. The second-order valence-corrected chi connectivity index (χ2v) is 2.41. The van der Waals surface area contributed by atoms with E-state index in [1.54, 1.807) is 0 Å². The maximum atomic E-state index is 8.20. The van der Waals surface area contributed by atoms with E-state index in [0.717, 1.165) is 0 Å². The molecule has 58 valence electrons. The Balaban J connectivity index is 2.99. The maximum Gasteiger partial charge on any atom is 0.212 e. The number of hydrogen-bond acceptors (Lipinski definition) is 4. The molecule has 0 bridgehead atoms. The molecule has 6 heteroatoms. The van der Waals surface area contributed by atoms with Crippen LogP contribution in [0.4, 0.5) is 0 Å². The van der Waals surface area contributed by atoms with Crippen LogP contribution < -0.4 is 0 Å². The summed E-state index contributed by atoms with van der Waals surface area (Å²) in [6.07, 6.45) is 2.72. The maximum absolute atomic E-state index is 8.20. The molecule has 1 N–H and O–H groups in total. The Labute approximate surface area is 72.5 Å². The van der Waals surface area contributed by atoms with Crippen LogP contribution in [0.1, 0.15) is 5.82 Å². The Bertz CT molecular complexity index is 272. The number of halogens is 2. The van der Waals surface area contributed by atoms with Gasteiger partial charge in [0.1, 0.15) is 0 Å². The Kier molecular flexibility index (Phi) is 2.62. The minimum atomic E-state index is -0.165. The van der Waals surface area contributed by atoms with E-state index in [0.29, 0.717) is 5.02 Å². The predicted molar refractivity (Wildman–Crippen MR) is 41.2 cm³/mol. The van der Waals surface area contributed by atoms with E-state index in [9.17, 15) is 0 Å². The number of aromatic nitrogens is 2. The van der Waals surface area contributed by atoms with Crippen molar-refractivity contribution in [2.24, 2.45) is 5.16 Å². The van der Waals surface area contributed by atoms with Crippen LogP contribution in [-0.2, 0) is 0 Å². The topological polar surface area (TPSA) is 58.4 Å². The largest absolute Gasteiger partial charge is 0.410 e. The average molecular weight is 192 g/mol. The summed E-state index contributed by atoms with van der Waals surface area (Å²) in [5.41, 5.74) is 0. The molecule has 0 spiro atoms. The summed E-state index contributed by atoms with van der Waals surface area (Å²) in [7, 11) is 0. The van der Waals surface area contributed by atoms with Crippen LogP contribution in [0, 0.1) is 0 Å². The van der Waals surface area contributed by atoms with Gasteiger partial charge in [0.25, 0.3) is 0 Å². The number of nitrogens with zero attached hydrogens (tertiary/aromatic N) is 3. The first kappa shape index (κ1) is 8.23. The summed E-state index contributed by atoms with van der Waals surface area (Å²) in [4.78, 5) is 7.37. The molecule has 11 heavy (non-hydrogen) atoms. The molecule has 0 aliphatic carbocycles. The molecule has 0 atom stereocenters. The third kappa shape index (κ3) is 2.03. The highest BCUT2D eigenvalue weighted by Crippen LogP contribution is 2.04. The van der Waals surface area contributed by atoms with Gasteiger partial charge in [0, 0.05) is 12.4 Å². The zero-order valence-electron chi connectivity index (χ0n) is 5.20. The van der Waals surface area contributed by atoms with Crippen LogP contribution in [-0.4, -0.2) is 20.3 Å². The van der Waals surface area contributed by atoms with Crippen molar-refractivity contribution in [3.63, 3.8) is 0 Å². The molecule has 4 nitrogen and oxygen atoms in total. The van der Waals surface area contributed by atoms with Gasteiger partial charge < -0.3 is 5.21 Å². The van der Waals surface area contributed by atoms with Gasteiger partial charge >= 0.3 is 0 Å². The lowest BCUT2D eigenvalue weighted by atomic mass is 10.6. The van der Waals surface area contributed by atoms with Crippen LogP contribution >= 0.6 is 23.2 Å². The molecule has 0 unspecified atom stereocenters. The van der Waals surface area contributed by atoms with Gasteiger partial charge in [-0.3, -0.25) is 0 Å². The molecule has 0 saturated carbocycles. The number of hydrogen-bond donors (Lipinski definition) is 1. The summed E-state index contributed by atoms with van der Waals surface area (Å²) < 4.78 is 0. The van der Waals surface area contributed by atoms with E-state index >= 15 is 0 Å². The predicted octanol–water partition coefficient (Wildman–Crippen LogP) is 1.50. The lowest BCUT2D eigenvalue weighted by Crippen LogP contribution is -1.98. The molecule has 0 aromatic carbocycles. The average Bonchev–Trinajstić information content (AvgIpc) is 2.05. The van der Waals surface area contributed by atoms with Crippen LogP contribution in [0.2, 0.25) is 5.02 Å². The minimum Gasteiger partial charge on any atom is -0.410 e. The second kappa shape index (κ2) is 3.50. The van der Waals surface area contributed by atoms with Gasteiger partial charge in [-0.15, -0.1) is 0 Å². The molecule has 0 amide bonds. The molecule has 0 radical (unpaired) electrons.